The first-order chi connectivity index (χ1) is 9.29. The molecule has 0 amide bonds. The number of hydrogen-bond donors (Lipinski definition) is 1. The summed E-state index contributed by atoms with van der Waals surface area (Å²) in [7, 11) is 0. The van der Waals surface area contributed by atoms with Crippen LogP contribution in [-0.2, 0) is 6.42 Å². The maximum atomic E-state index is 4.26. The second-order valence-corrected chi connectivity index (χ2v) is 4.93. The van der Waals surface area contributed by atoms with E-state index >= 15 is 0 Å². The molecule has 2 heteroatoms. The lowest BCUT2D eigenvalue weighted by atomic mass is 9.99. The number of benzene rings is 1. The van der Waals surface area contributed by atoms with E-state index < -0.39 is 0 Å². The van der Waals surface area contributed by atoms with Crippen molar-refractivity contribution >= 4 is 0 Å². The standard InChI is InChI=1S/C17H22N2/c1-3-19-17(16-7-5-4-6-8-16)10-9-15-11-14(2)12-18-13-15/h4-8,11-13,17,19H,3,9-10H2,1-2H3. The molecular weight excluding hydrogens is 232 g/mol. The van der Waals surface area contributed by atoms with Gasteiger partial charge in [-0.1, -0.05) is 43.3 Å². The summed E-state index contributed by atoms with van der Waals surface area (Å²) in [6.07, 6.45) is 6.04. The van der Waals surface area contributed by atoms with E-state index in [1.54, 1.807) is 0 Å². The zero-order valence-corrected chi connectivity index (χ0v) is 11.8. The van der Waals surface area contributed by atoms with Gasteiger partial charge in [0.05, 0.1) is 0 Å². The van der Waals surface area contributed by atoms with Gasteiger partial charge in [-0.25, -0.2) is 0 Å². The second kappa shape index (κ2) is 7.05. The van der Waals surface area contributed by atoms with E-state index in [0.717, 1.165) is 19.4 Å². The molecule has 1 unspecified atom stereocenters. The number of nitrogens with one attached hydrogen (secondary N) is 1. The Morgan fingerprint density at radius 1 is 1.16 bits per heavy atom. The Morgan fingerprint density at radius 2 is 1.95 bits per heavy atom. The first-order valence-electron chi connectivity index (χ1n) is 6.98. The van der Waals surface area contributed by atoms with E-state index in [9.17, 15) is 0 Å². The molecule has 0 saturated carbocycles. The van der Waals surface area contributed by atoms with Crippen LogP contribution in [0.25, 0.3) is 0 Å². The molecule has 0 aliphatic carbocycles. The van der Waals surface area contributed by atoms with Crippen LogP contribution in [0.1, 0.15) is 36.1 Å². The predicted molar refractivity (Wildman–Crippen MR) is 80.2 cm³/mol. The minimum Gasteiger partial charge on any atom is -0.310 e. The van der Waals surface area contributed by atoms with Crippen LogP contribution >= 0.6 is 0 Å². The first kappa shape index (κ1) is 13.8. The molecule has 19 heavy (non-hydrogen) atoms. The quantitative estimate of drug-likeness (QED) is 0.850. The molecule has 1 heterocycles. The molecule has 0 saturated heterocycles. The minimum atomic E-state index is 0.423. The van der Waals surface area contributed by atoms with E-state index in [4.69, 9.17) is 0 Å². The average Bonchev–Trinajstić information content (AvgIpc) is 2.44. The molecule has 2 nitrogen and oxygen atoms in total. The highest BCUT2D eigenvalue weighted by molar-refractivity contribution is 5.21. The van der Waals surface area contributed by atoms with Gasteiger partial charge in [0.1, 0.15) is 0 Å². The molecule has 1 aromatic carbocycles. The number of hydrogen-bond acceptors (Lipinski definition) is 2. The van der Waals surface area contributed by atoms with E-state index in [0.29, 0.717) is 6.04 Å². The van der Waals surface area contributed by atoms with Crippen LogP contribution in [0.4, 0.5) is 0 Å². The largest absolute Gasteiger partial charge is 0.310 e. The third-order valence-corrected chi connectivity index (χ3v) is 3.31. The van der Waals surface area contributed by atoms with E-state index in [2.05, 4.69) is 60.5 Å². The van der Waals surface area contributed by atoms with Crippen LogP contribution in [0.5, 0.6) is 0 Å². The van der Waals surface area contributed by atoms with Gasteiger partial charge in [-0.15, -0.1) is 0 Å². The molecule has 2 aromatic rings. The Morgan fingerprint density at radius 3 is 2.63 bits per heavy atom. The van der Waals surface area contributed by atoms with Crippen molar-refractivity contribution in [2.24, 2.45) is 0 Å². The monoisotopic (exact) mass is 254 g/mol. The van der Waals surface area contributed by atoms with Gasteiger partial charge >= 0.3 is 0 Å². The summed E-state index contributed by atoms with van der Waals surface area (Å²) in [6, 6.07) is 13.3. The number of nitrogens with zero attached hydrogens (tertiary/aromatic N) is 1. The normalized spacial score (nSPS) is 12.3. The van der Waals surface area contributed by atoms with Crippen molar-refractivity contribution in [3.63, 3.8) is 0 Å². The zero-order chi connectivity index (χ0) is 13.5. The van der Waals surface area contributed by atoms with Gasteiger partial charge in [0.25, 0.3) is 0 Å². The topological polar surface area (TPSA) is 24.9 Å². The van der Waals surface area contributed by atoms with Gasteiger partial charge in [-0.2, -0.15) is 0 Å². The first-order valence-corrected chi connectivity index (χ1v) is 6.98. The van der Waals surface area contributed by atoms with Crippen LogP contribution in [0.2, 0.25) is 0 Å². The number of pyridine rings is 1. The van der Waals surface area contributed by atoms with Crippen molar-refractivity contribution in [3.05, 3.63) is 65.5 Å². The van der Waals surface area contributed by atoms with Gasteiger partial charge in [0, 0.05) is 18.4 Å². The highest BCUT2D eigenvalue weighted by Gasteiger charge is 2.09. The van der Waals surface area contributed by atoms with Crippen LogP contribution in [0, 0.1) is 6.92 Å². The molecule has 1 aromatic heterocycles. The van der Waals surface area contributed by atoms with Crippen molar-refractivity contribution in [2.45, 2.75) is 32.7 Å². The van der Waals surface area contributed by atoms with Gasteiger partial charge in [0.2, 0.25) is 0 Å². The Kier molecular flexibility index (Phi) is 5.10. The molecule has 0 aliphatic rings. The molecule has 1 atom stereocenters. The molecular formula is C17H22N2. The minimum absolute atomic E-state index is 0.423. The van der Waals surface area contributed by atoms with Crippen LogP contribution in [-0.4, -0.2) is 11.5 Å². The van der Waals surface area contributed by atoms with Gasteiger partial charge in [0.15, 0.2) is 0 Å². The summed E-state index contributed by atoms with van der Waals surface area (Å²) in [6.45, 7) is 5.24. The molecule has 100 valence electrons. The molecule has 1 N–H and O–H groups in total. The Labute approximate surface area is 115 Å². The van der Waals surface area contributed by atoms with Gasteiger partial charge in [-0.05, 0) is 43.0 Å². The fraction of sp³-hybridized carbons (Fsp3) is 0.353. The third kappa shape index (κ3) is 4.18. The van der Waals surface area contributed by atoms with Crippen molar-refractivity contribution in [2.75, 3.05) is 6.54 Å². The molecule has 2 rings (SSSR count). The second-order valence-electron chi connectivity index (χ2n) is 4.93. The molecule has 0 bridgehead atoms. The van der Waals surface area contributed by atoms with E-state index in [1.165, 1.54) is 16.7 Å². The number of aromatic nitrogens is 1. The number of rotatable bonds is 6. The lowest BCUT2D eigenvalue weighted by Gasteiger charge is -2.18. The van der Waals surface area contributed by atoms with Crippen molar-refractivity contribution in [1.29, 1.82) is 0 Å². The SMILES string of the molecule is CCNC(CCc1cncc(C)c1)c1ccccc1. The molecule has 0 aliphatic heterocycles. The van der Waals surface area contributed by atoms with E-state index in [-0.39, 0.29) is 0 Å². The Hall–Kier alpha value is -1.67. The van der Waals surface area contributed by atoms with Gasteiger partial charge < -0.3 is 5.32 Å². The molecule has 0 radical (unpaired) electrons. The summed E-state index contributed by atoms with van der Waals surface area (Å²) in [5.41, 5.74) is 3.92. The Balaban J connectivity index is 2.01. The van der Waals surface area contributed by atoms with Crippen LogP contribution < -0.4 is 5.32 Å². The summed E-state index contributed by atoms with van der Waals surface area (Å²) in [5, 5.41) is 3.56. The summed E-state index contributed by atoms with van der Waals surface area (Å²) in [5.74, 6) is 0. The third-order valence-electron chi connectivity index (χ3n) is 3.31. The van der Waals surface area contributed by atoms with Gasteiger partial charge in [-0.3, -0.25) is 4.98 Å². The molecule has 0 spiro atoms. The van der Waals surface area contributed by atoms with Crippen molar-refractivity contribution in [1.82, 2.24) is 10.3 Å². The average molecular weight is 254 g/mol. The maximum absolute atomic E-state index is 4.26. The fourth-order valence-corrected chi connectivity index (χ4v) is 2.38. The Bertz CT molecular complexity index is 494. The number of aryl methyl sites for hydroxylation is 2. The highest BCUT2D eigenvalue weighted by atomic mass is 14.9. The van der Waals surface area contributed by atoms with Crippen molar-refractivity contribution < 1.29 is 0 Å². The highest BCUT2D eigenvalue weighted by Crippen LogP contribution is 2.19. The van der Waals surface area contributed by atoms with Crippen molar-refractivity contribution in [3.8, 4) is 0 Å². The molecule has 0 fully saturated rings. The maximum Gasteiger partial charge on any atom is 0.0323 e. The van der Waals surface area contributed by atoms with E-state index in [1.807, 2.05) is 12.4 Å². The smallest absolute Gasteiger partial charge is 0.0323 e. The summed E-state index contributed by atoms with van der Waals surface area (Å²) in [4.78, 5) is 4.26. The van der Waals surface area contributed by atoms with Crippen LogP contribution in [0.15, 0.2) is 48.8 Å². The summed E-state index contributed by atoms with van der Waals surface area (Å²) < 4.78 is 0. The fourth-order valence-electron chi connectivity index (χ4n) is 2.38. The van der Waals surface area contributed by atoms with Crippen LogP contribution in [0.3, 0.4) is 0 Å². The lowest BCUT2D eigenvalue weighted by molar-refractivity contribution is 0.515. The lowest BCUT2D eigenvalue weighted by Crippen LogP contribution is -2.21. The predicted octanol–water partition coefficient (Wildman–Crippen LogP) is 3.67. The zero-order valence-electron chi connectivity index (χ0n) is 11.8. The summed E-state index contributed by atoms with van der Waals surface area (Å²) >= 11 is 0.